The molecule has 0 saturated carbocycles. The fraction of sp³-hybridized carbons (Fsp3) is 0.538. The molecule has 0 aliphatic carbocycles. The molecule has 0 aromatic heterocycles. The first kappa shape index (κ1) is 15.0. The predicted molar refractivity (Wildman–Crippen MR) is 64.0 cm³/mol. The molecule has 1 rings (SSSR count). The van der Waals surface area contributed by atoms with Gasteiger partial charge in [0.1, 0.15) is 17.5 Å². The maximum absolute atomic E-state index is 13.2. The molecule has 1 N–H and O–H groups in total. The van der Waals surface area contributed by atoms with E-state index in [1.165, 1.54) is 0 Å². The fourth-order valence-electron chi connectivity index (χ4n) is 1.51. The van der Waals surface area contributed by atoms with Crippen molar-refractivity contribution in [2.45, 2.75) is 26.3 Å². The van der Waals surface area contributed by atoms with Crippen molar-refractivity contribution in [3.05, 3.63) is 35.1 Å². The minimum atomic E-state index is -0.907. The molecule has 1 aromatic rings. The molecule has 0 aliphatic rings. The number of benzene rings is 1. The average Bonchev–Trinajstić information content (AvgIpc) is 2.25. The summed E-state index contributed by atoms with van der Waals surface area (Å²) in [6.07, 6.45) is 0.0969. The molecule has 1 aromatic carbocycles. The SMILES string of the molecule is CC(C)NCCOCCc1c(F)cc(F)cc1F. The lowest BCUT2D eigenvalue weighted by Crippen LogP contribution is -2.26. The summed E-state index contributed by atoms with van der Waals surface area (Å²) in [4.78, 5) is 0. The lowest BCUT2D eigenvalue weighted by atomic mass is 10.1. The van der Waals surface area contributed by atoms with Gasteiger partial charge in [-0.25, -0.2) is 13.2 Å². The van der Waals surface area contributed by atoms with Crippen molar-refractivity contribution in [3.8, 4) is 0 Å². The normalized spacial score (nSPS) is 11.2. The minimum Gasteiger partial charge on any atom is -0.380 e. The Morgan fingerprint density at radius 1 is 1.11 bits per heavy atom. The van der Waals surface area contributed by atoms with Gasteiger partial charge in [-0.15, -0.1) is 0 Å². The highest BCUT2D eigenvalue weighted by Gasteiger charge is 2.10. The third-order valence-corrected chi connectivity index (χ3v) is 2.40. The van der Waals surface area contributed by atoms with E-state index in [2.05, 4.69) is 5.32 Å². The predicted octanol–water partition coefficient (Wildman–Crippen LogP) is 2.66. The van der Waals surface area contributed by atoms with Crippen LogP contribution in [0, 0.1) is 17.5 Å². The van der Waals surface area contributed by atoms with Gasteiger partial charge in [-0.2, -0.15) is 0 Å². The highest BCUT2D eigenvalue weighted by Crippen LogP contribution is 2.15. The first-order chi connectivity index (χ1) is 8.50. The van der Waals surface area contributed by atoms with Gasteiger partial charge >= 0.3 is 0 Å². The highest BCUT2D eigenvalue weighted by atomic mass is 19.1. The van der Waals surface area contributed by atoms with E-state index in [9.17, 15) is 13.2 Å². The zero-order valence-electron chi connectivity index (χ0n) is 10.6. The summed E-state index contributed by atoms with van der Waals surface area (Å²) in [6, 6.07) is 1.73. The summed E-state index contributed by atoms with van der Waals surface area (Å²) in [5.74, 6) is -2.64. The Morgan fingerprint density at radius 3 is 2.28 bits per heavy atom. The van der Waals surface area contributed by atoms with Gasteiger partial charge in [0.2, 0.25) is 0 Å². The van der Waals surface area contributed by atoms with Crippen molar-refractivity contribution in [1.29, 1.82) is 0 Å². The van der Waals surface area contributed by atoms with Crippen LogP contribution in [0.25, 0.3) is 0 Å². The van der Waals surface area contributed by atoms with E-state index in [4.69, 9.17) is 4.74 Å². The molecule has 5 heteroatoms. The van der Waals surface area contributed by atoms with Crippen LogP contribution in [0.4, 0.5) is 13.2 Å². The quantitative estimate of drug-likeness (QED) is 0.762. The van der Waals surface area contributed by atoms with Gasteiger partial charge in [0.15, 0.2) is 0 Å². The van der Waals surface area contributed by atoms with E-state index in [-0.39, 0.29) is 18.6 Å². The Morgan fingerprint density at radius 2 is 1.72 bits per heavy atom. The maximum Gasteiger partial charge on any atom is 0.132 e. The summed E-state index contributed by atoms with van der Waals surface area (Å²) in [7, 11) is 0. The maximum atomic E-state index is 13.2. The Bertz CT molecular complexity index is 359. The molecule has 18 heavy (non-hydrogen) atoms. The van der Waals surface area contributed by atoms with Crippen molar-refractivity contribution in [3.63, 3.8) is 0 Å². The molecule has 0 radical (unpaired) electrons. The van der Waals surface area contributed by atoms with Crippen LogP contribution in [-0.2, 0) is 11.2 Å². The van der Waals surface area contributed by atoms with Gasteiger partial charge in [0.25, 0.3) is 0 Å². The summed E-state index contributed by atoms with van der Waals surface area (Å²) < 4.78 is 44.4. The Kier molecular flexibility index (Phi) is 6.15. The van der Waals surface area contributed by atoms with Crippen LogP contribution in [0.2, 0.25) is 0 Å². The number of hydrogen-bond donors (Lipinski definition) is 1. The number of rotatable bonds is 7. The minimum absolute atomic E-state index is 0.0969. The Labute approximate surface area is 105 Å². The van der Waals surface area contributed by atoms with E-state index in [1.54, 1.807) is 0 Å². The van der Waals surface area contributed by atoms with Crippen LogP contribution in [0.5, 0.6) is 0 Å². The molecule has 2 nitrogen and oxygen atoms in total. The molecule has 0 unspecified atom stereocenters. The molecule has 102 valence electrons. The zero-order valence-corrected chi connectivity index (χ0v) is 10.6. The van der Waals surface area contributed by atoms with Gasteiger partial charge in [0, 0.05) is 36.7 Å². The zero-order chi connectivity index (χ0) is 13.5. The van der Waals surface area contributed by atoms with Crippen LogP contribution < -0.4 is 5.32 Å². The largest absolute Gasteiger partial charge is 0.380 e. The smallest absolute Gasteiger partial charge is 0.132 e. The van der Waals surface area contributed by atoms with E-state index < -0.39 is 17.5 Å². The van der Waals surface area contributed by atoms with E-state index >= 15 is 0 Å². The lowest BCUT2D eigenvalue weighted by molar-refractivity contribution is 0.136. The third-order valence-electron chi connectivity index (χ3n) is 2.40. The molecule has 0 bridgehead atoms. The van der Waals surface area contributed by atoms with Crippen LogP contribution >= 0.6 is 0 Å². The molecular formula is C13H18F3NO. The van der Waals surface area contributed by atoms with Gasteiger partial charge in [-0.05, 0) is 0 Å². The molecule has 0 atom stereocenters. The van der Waals surface area contributed by atoms with Crippen molar-refractivity contribution in [2.24, 2.45) is 0 Å². The van der Waals surface area contributed by atoms with Gasteiger partial charge in [-0.1, -0.05) is 13.8 Å². The average molecular weight is 261 g/mol. The molecule has 0 aliphatic heterocycles. The Balaban J connectivity index is 2.31. The number of nitrogens with one attached hydrogen (secondary N) is 1. The second kappa shape index (κ2) is 7.38. The molecule has 0 amide bonds. The van der Waals surface area contributed by atoms with Crippen LogP contribution in [0.1, 0.15) is 19.4 Å². The molecule has 0 fully saturated rings. The van der Waals surface area contributed by atoms with Crippen molar-refractivity contribution in [1.82, 2.24) is 5.32 Å². The summed E-state index contributed by atoms with van der Waals surface area (Å²) >= 11 is 0. The second-order valence-electron chi connectivity index (χ2n) is 4.32. The summed E-state index contributed by atoms with van der Waals surface area (Å²) in [6.45, 7) is 5.40. The monoisotopic (exact) mass is 261 g/mol. The van der Waals surface area contributed by atoms with Crippen molar-refractivity contribution >= 4 is 0 Å². The highest BCUT2D eigenvalue weighted by molar-refractivity contribution is 5.20. The van der Waals surface area contributed by atoms with Gasteiger partial charge < -0.3 is 10.1 Å². The number of hydrogen-bond acceptors (Lipinski definition) is 2. The van der Waals surface area contributed by atoms with E-state index in [0.717, 1.165) is 0 Å². The fourth-order valence-corrected chi connectivity index (χ4v) is 1.51. The number of ether oxygens (including phenoxy) is 1. The van der Waals surface area contributed by atoms with Crippen LogP contribution in [-0.4, -0.2) is 25.8 Å². The van der Waals surface area contributed by atoms with Gasteiger partial charge in [0.05, 0.1) is 13.2 Å². The summed E-state index contributed by atoms with van der Waals surface area (Å²) in [5, 5.41) is 3.15. The molecule has 0 spiro atoms. The number of halogens is 3. The van der Waals surface area contributed by atoms with E-state index in [0.29, 0.717) is 31.3 Å². The van der Waals surface area contributed by atoms with Crippen molar-refractivity contribution in [2.75, 3.05) is 19.8 Å². The first-order valence-corrected chi connectivity index (χ1v) is 5.95. The second-order valence-corrected chi connectivity index (χ2v) is 4.32. The van der Waals surface area contributed by atoms with E-state index in [1.807, 2.05) is 13.8 Å². The lowest BCUT2D eigenvalue weighted by Gasteiger charge is -2.09. The van der Waals surface area contributed by atoms with Gasteiger partial charge in [-0.3, -0.25) is 0 Å². The summed E-state index contributed by atoms with van der Waals surface area (Å²) in [5.41, 5.74) is -0.131. The Hall–Kier alpha value is -1.07. The standard InChI is InChI=1S/C13H18F3NO/c1-9(2)17-4-6-18-5-3-11-12(15)7-10(14)8-13(11)16/h7-9,17H,3-6H2,1-2H3. The van der Waals surface area contributed by atoms with Crippen LogP contribution in [0.3, 0.4) is 0 Å². The molecule has 0 heterocycles. The van der Waals surface area contributed by atoms with Crippen molar-refractivity contribution < 1.29 is 17.9 Å². The first-order valence-electron chi connectivity index (χ1n) is 5.95. The van der Waals surface area contributed by atoms with Crippen LogP contribution in [0.15, 0.2) is 12.1 Å². The third kappa shape index (κ3) is 5.06. The molecule has 0 saturated heterocycles. The topological polar surface area (TPSA) is 21.3 Å². The molecular weight excluding hydrogens is 243 g/mol.